The van der Waals surface area contributed by atoms with E-state index in [4.69, 9.17) is 20.8 Å². The molecule has 0 radical (unpaired) electrons. The van der Waals surface area contributed by atoms with Crippen LogP contribution in [0.2, 0.25) is 0 Å². The number of amidine groups is 1. The monoisotopic (exact) mass is 299 g/mol. The van der Waals surface area contributed by atoms with E-state index in [1.165, 1.54) is 4.90 Å². The molecule has 4 N–H and O–H groups in total. The lowest BCUT2D eigenvalue weighted by atomic mass is 10.0. The first-order valence-corrected chi connectivity index (χ1v) is 6.14. The first-order valence-electron chi connectivity index (χ1n) is 6.14. The Morgan fingerprint density at radius 2 is 2.15 bits per heavy atom. The second-order valence-corrected chi connectivity index (χ2v) is 5.50. The molecule has 1 aliphatic rings. The van der Waals surface area contributed by atoms with E-state index in [1.807, 2.05) is 0 Å². The van der Waals surface area contributed by atoms with Gasteiger partial charge in [0.25, 0.3) is 0 Å². The maximum atomic E-state index is 12.9. The average Bonchev–Trinajstić information content (AvgIpc) is 2.31. The third-order valence-corrected chi connectivity index (χ3v) is 3.06. The number of hydrogen-bond acceptors (Lipinski definition) is 5. The number of hydrogen-bond donors (Lipinski definition) is 3. The zero-order chi connectivity index (χ0) is 15.6. The molecule has 9 heteroatoms. The Labute approximate surface area is 115 Å². The van der Waals surface area contributed by atoms with Crippen molar-refractivity contribution in [3.63, 3.8) is 0 Å². The van der Waals surface area contributed by atoms with Crippen LogP contribution >= 0.6 is 0 Å². The van der Waals surface area contributed by atoms with Crippen molar-refractivity contribution in [3.8, 4) is 0 Å². The fourth-order valence-electron chi connectivity index (χ4n) is 2.34. The van der Waals surface area contributed by atoms with Gasteiger partial charge in [-0.05, 0) is 13.8 Å². The van der Waals surface area contributed by atoms with Crippen LogP contribution in [0, 0.1) is 5.92 Å². The number of nitrogens with two attached hydrogens (primary N) is 1. The Balaban J connectivity index is 2.83. The Hall–Kier alpha value is -1.06. The van der Waals surface area contributed by atoms with Crippen molar-refractivity contribution in [2.75, 3.05) is 26.2 Å². The second-order valence-electron chi connectivity index (χ2n) is 5.50. The number of halogens is 3. The molecule has 2 atom stereocenters. The van der Waals surface area contributed by atoms with Gasteiger partial charge in [0.05, 0.1) is 18.3 Å². The van der Waals surface area contributed by atoms with Gasteiger partial charge in [0.1, 0.15) is 5.92 Å². The lowest BCUT2D eigenvalue weighted by Gasteiger charge is -2.43. The van der Waals surface area contributed by atoms with Crippen molar-refractivity contribution in [1.82, 2.24) is 4.90 Å². The lowest BCUT2D eigenvalue weighted by molar-refractivity contribution is -0.180. The molecule has 0 bridgehead atoms. The summed E-state index contributed by atoms with van der Waals surface area (Å²) < 4.78 is 44.2. The van der Waals surface area contributed by atoms with E-state index >= 15 is 0 Å². The Morgan fingerprint density at radius 3 is 2.60 bits per heavy atom. The molecular weight excluding hydrogens is 279 g/mol. The van der Waals surface area contributed by atoms with Crippen molar-refractivity contribution in [2.45, 2.75) is 31.7 Å². The van der Waals surface area contributed by atoms with Crippen molar-refractivity contribution in [1.29, 1.82) is 0 Å². The van der Waals surface area contributed by atoms with Crippen LogP contribution in [-0.4, -0.2) is 65.2 Å². The zero-order valence-corrected chi connectivity index (χ0v) is 11.4. The average molecular weight is 299 g/mol. The van der Waals surface area contributed by atoms with Gasteiger partial charge in [0, 0.05) is 19.6 Å². The molecule has 0 aromatic carbocycles. The highest BCUT2D eigenvalue weighted by Gasteiger charge is 2.45. The van der Waals surface area contributed by atoms with Crippen molar-refractivity contribution in [2.24, 2.45) is 16.8 Å². The summed E-state index contributed by atoms with van der Waals surface area (Å²) in [6.45, 7) is 3.16. The van der Waals surface area contributed by atoms with E-state index < -0.39 is 36.2 Å². The van der Waals surface area contributed by atoms with Crippen LogP contribution in [0.15, 0.2) is 5.16 Å². The van der Waals surface area contributed by atoms with E-state index in [-0.39, 0.29) is 19.7 Å². The standard InChI is InChI=1S/C11H20F3N3O3/c1-10(2)6-17(3-7(5-18)20-10)4-8(9(15)16-19)11(12,13)14/h7-8,18-19H,3-6H2,1-2H3,(H2,15,16). The van der Waals surface area contributed by atoms with Crippen LogP contribution < -0.4 is 5.73 Å². The highest BCUT2D eigenvalue weighted by atomic mass is 19.4. The van der Waals surface area contributed by atoms with Crippen LogP contribution in [0.25, 0.3) is 0 Å². The highest BCUT2D eigenvalue weighted by Crippen LogP contribution is 2.29. The smallest absolute Gasteiger partial charge is 0.400 e. The van der Waals surface area contributed by atoms with Gasteiger partial charge in [0.2, 0.25) is 0 Å². The molecule has 1 rings (SSSR count). The molecule has 0 spiro atoms. The Kier molecular flexibility index (Phi) is 5.22. The molecule has 0 saturated carbocycles. The highest BCUT2D eigenvalue weighted by molar-refractivity contribution is 5.83. The molecule has 0 aromatic rings. The zero-order valence-electron chi connectivity index (χ0n) is 11.4. The number of oxime groups is 1. The summed E-state index contributed by atoms with van der Waals surface area (Å²) in [4.78, 5) is 1.50. The Bertz CT molecular complexity index is 361. The van der Waals surface area contributed by atoms with E-state index in [2.05, 4.69) is 5.16 Å². The predicted molar refractivity (Wildman–Crippen MR) is 65.4 cm³/mol. The van der Waals surface area contributed by atoms with Gasteiger partial charge in [0.15, 0.2) is 5.84 Å². The summed E-state index contributed by atoms with van der Waals surface area (Å²) in [6.07, 6.45) is -5.16. The maximum Gasteiger partial charge on any atom is 0.400 e. The third-order valence-electron chi connectivity index (χ3n) is 3.06. The largest absolute Gasteiger partial charge is 0.409 e. The van der Waals surface area contributed by atoms with Crippen molar-refractivity contribution in [3.05, 3.63) is 0 Å². The number of rotatable bonds is 4. The van der Waals surface area contributed by atoms with Crippen LogP contribution in [0.1, 0.15) is 13.8 Å². The van der Waals surface area contributed by atoms with E-state index in [0.717, 1.165) is 0 Å². The molecule has 1 saturated heterocycles. The fourth-order valence-corrected chi connectivity index (χ4v) is 2.34. The van der Waals surface area contributed by atoms with Gasteiger partial charge in [-0.25, -0.2) is 0 Å². The molecule has 1 fully saturated rings. The topological polar surface area (TPSA) is 91.3 Å². The summed E-state index contributed by atoms with van der Waals surface area (Å²) in [7, 11) is 0. The molecule has 1 heterocycles. The Morgan fingerprint density at radius 1 is 1.55 bits per heavy atom. The number of aliphatic hydroxyl groups is 1. The van der Waals surface area contributed by atoms with Gasteiger partial charge in [-0.2, -0.15) is 13.2 Å². The summed E-state index contributed by atoms with van der Waals surface area (Å²) in [5, 5.41) is 20.1. The fraction of sp³-hybridized carbons (Fsp3) is 0.909. The second kappa shape index (κ2) is 6.15. The SMILES string of the molecule is CC1(C)CN(CC(C(N)=NO)C(F)(F)F)CC(CO)O1. The summed E-state index contributed by atoms with van der Waals surface area (Å²) >= 11 is 0. The van der Waals surface area contributed by atoms with Crippen LogP contribution in [0.5, 0.6) is 0 Å². The molecule has 20 heavy (non-hydrogen) atoms. The number of ether oxygens (including phenoxy) is 1. The maximum absolute atomic E-state index is 12.9. The minimum atomic E-state index is -4.60. The van der Waals surface area contributed by atoms with Gasteiger partial charge >= 0.3 is 6.18 Å². The van der Waals surface area contributed by atoms with E-state index in [9.17, 15) is 13.2 Å². The predicted octanol–water partition coefficient (Wildman–Crippen LogP) is 0.383. The van der Waals surface area contributed by atoms with Gasteiger partial charge in [-0.15, -0.1) is 0 Å². The molecule has 2 unspecified atom stereocenters. The first kappa shape index (κ1) is 17.0. The van der Waals surface area contributed by atoms with Crippen LogP contribution in [0.4, 0.5) is 13.2 Å². The minimum Gasteiger partial charge on any atom is -0.409 e. The van der Waals surface area contributed by atoms with Crippen LogP contribution in [0.3, 0.4) is 0 Å². The number of aliphatic hydroxyl groups excluding tert-OH is 1. The van der Waals surface area contributed by atoms with Gasteiger partial charge < -0.3 is 20.8 Å². The number of alkyl halides is 3. The number of nitrogens with zero attached hydrogens (tertiary/aromatic N) is 2. The van der Waals surface area contributed by atoms with Crippen molar-refractivity contribution < 1.29 is 28.2 Å². The molecule has 0 amide bonds. The lowest BCUT2D eigenvalue weighted by Crippen LogP contribution is -2.56. The molecule has 0 aromatic heterocycles. The number of morpholine rings is 1. The molecule has 118 valence electrons. The molecule has 1 aliphatic heterocycles. The molecular formula is C11H20F3N3O3. The summed E-state index contributed by atoms with van der Waals surface area (Å²) in [5.74, 6) is -2.93. The van der Waals surface area contributed by atoms with Gasteiger partial charge in [-0.1, -0.05) is 5.16 Å². The van der Waals surface area contributed by atoms with E-state index in [1.54, 1.807) is 13.8 Å². The normalized spacial score (nSPS) is 26.5. The quantitative estimate of drug-likeness (QED) is 0.302. The first-order chi connectivity index (χ1) is 9.09. The van der Waals surface area contributed by atoms with E-state index in [0.29, 0.717) is 0 Å². The molecule has 6 nitrogen and oxygen atoms in total. The summed E-state index contributed by atoms with van der Waals surface area (Å²) in [6, 6.07) is 0. The minimum absolute atomic E-state index is 0.158. The summed E-state index contributed by atoms with van der Waals surface area (Å²) in [5.41, 5.74) is 4.45. The molecule has 0 aliphatic carbocycles. The van der Waals surface area contributed by atoms with Crippen LogP contribution in [-0.2, 0) is 4.74 Å². The third kappa shape index (κ3) is 4.50. The van der Waals surface area contributed by atoms with Crippen molar-refractivity contribution >= 4 is 5.84 Å². The van der Waals surface area contributed by atoms with Gasteiger partial charge in [-0.3, -0.25) is 4.90 Å².